The smallest absolute Gasteiger partial charge is 0.340 e. The highest BCUT2D eigenvalue weighted by molar-refractivity contribution is 5.96. The molecule has 0 bridgehead atoms. The predicted molar refractivity (Wildman–Crippen MR) is 80.9 cm³/mol. The summed E-state index contributed by atoms with van der Waals surface area (Å²) in [6.07, 6.45) is 1.88. The van der Waals surface area contributed by atoms with Crippen LogP contribution >= 0.6 is 0 Å². The lowest BCUT2D eigenvalue weighted by molar-refractivity contribution is 0.0527. The van der Waals surface area contributed by atoms with Crippen molar-refractivity contribution in [2.24, 2.45) is 0 Å². The van der Waals surface area contributed by atoms with Crippen molar-refractivity contribution >= 4 is 17.3 Å². The van der Waals surface area contributed by atoms with Crippen LogP contribution in [0.4, 0.5) is 15.8 Å². The van der Waals surface area contributed by atoms with Gasteiger partial charge in [-0.15, -0.1) is 0 Å². The summed E-state index contributed by atoms with van der Waals surface area (Å²) in [7, 11) is 2.07. The second kappa shape index (κ2) is 6.76. The molecule has 0 unspecified atom stereocenters. The van der Waals surface area contributed by atoms with Crippen molar-refractivity contribution in [1.82, 2.24) is 4.90 Å². The van der Waals surface area contributed by atoms with Gasteiger partial charge < -0.3 is 20.7 Å². The molecule has 1 saturated heterocycles. The molecule has 0 radical (unpaired) electrons. The Morgan fingerprint density at radius 2 is 2.14 bits per heavy atom. The zero-order valence-electron chi connectivity index (χ0n) is 12.5. The number of nitrogens with two attached hydrogens (primary N) is 1. The molecule has 0 aromatic heterocycles. The van der Waals surface area contributed by atoms with Gasteiger partial charge in [0.25, 0.3) is 0 Å². The standard InChI is InChI=1S/C15H22FN3O2/c1-3-21-15(20)11-8-14(12(16)9-13(11)17)18-10-4-6-19(2)7-5-10/h8-10,18H,3-7,17H2,1-2H3. The van der Waals surface area contributed by atoms with Crippen LogP contribution in [0.2, 0.25) is 0 Å². The number of halogens is 1. The lowest BCUT2D eigenvalue weighted by Gasteiger charge is -2.30. The summed E-state index contributed by atoms with van der Waals surface area (Å²) in [5.74, 6) is -0.971. The molecule has 1 fully saturated rings. The maximum atomic E-state index is 14.0. The van der Waals surface area contributed by atoms with Gasteiger partial charge in [0.05, 0.1) is 17.9 Å². The monoisotopic (exact) mass is 295 g/mol. The number of ether oxygens (including phenoxy) is 1. The Kier molecular flexibility index (Phi) is 5.01. The Morgan fingerprint density at radius 1 is 1.48 bits per heavy atom. The van der Waals surface area contributed by atoms with Crippen molar-refractivity contribution in [3.05, 3.63) is 23.5 Å². The minimum atomic E-state index is -0.526. The molecule has 1 aliphatic heterocycles. The summed E-state index contributed by atoms with van der Waals surface area (Å²) >= 11 is 0. The molecule has 1 aliphatic rings. The molecular formula is C15H22FN3O2. The number of esters is 1. The van der Waals surface area contributed by atoms with Gasteiger partial charge in [0.2, 0.25) is 0 Å². The van der Waals surface area contributed by atoms with E-state index in [0.29, 0.717) is 5.69 Å². The Labute approximate surface area is 124 Å². The second-order valence-electron chi connectivity index (χ2n) is 5.36. The van der Waals surface area contributed by atoms with Crippen LogP contribution in [-0.2, 0) is 4.74 Å². The molecule has 21 heavy (non-hydrogen) atoms. The molecule has 0 aliphatic carbocycles. The summed E-state index contributed by atoms with van der Waals surface area (Å²) in [4.78, 5) is 14.0. The molecule has 0 spiro atoms. The maximum absolute atomic E-state index is 14.0. The number of likely N-dealkylation sites (tertiary alicyclic amines) is 1. The molecule has 116 valence electrons. The largest absolute Gasteiger partial charge is 0.462 e. The topological polar surface area (TPSA) is 67.6 Å². The van der Waals surface area contributed by atoms with Gasteiger partial charge >= 0.3 is 5.97 Å². The van der Waals surface area contributed by atoms with E-state index >= 15 is 0 Å². The number of rotatable bonds is 4. The Morgan fingerprint density at radius 3 is 2.76 bits per heavy atom. The van der Waals surface area contributed by atoms with Crippen molar-refractivity contribution in [2.75, 3.05) is 37.8 Å². The zero-order chi connectivity index (χ0) is 15.4. The number of anilines is 2. The average molecular weight is 295 g/mol. The molecule has 5 nitrogen and oxygen atoms in total. The second-order valence-corrected chi connectivity index (χ2v) is 5.36. The van der Waals surface area contributed by atoms with Crippen molar-refractivity contribution in [3.8, 4) is 0 Å². The first-order valence-electron chi connectivity index (χ1n) is 7.22. The first-order chi connectivity index (χ1) is 10.0. The van der Waals surface area contributed by atoms with Gasteiger partial charge in [0.15, 0.2) is 0 Å². The molecule has 3 N–H and O–H groups in total. The molecule has 1 aromatic carbocycles. The summed E-state index contributed by atoms with van der Waals surface area (Å²) in [6, 6.07) is 2.82. The van der Waals surface area contributed by atoms with Crippen LogP contribution in [0.15, 0.2) is 12.1 Å². The van der Waals surface area contributed by atoms with Crippen LogP contribution in [0.25, 0.3) is 0 Å². The number of hydrogen-bond donors (Lipinski definition) is 2. The predicted octanol–water partition coefficient (Wildman–Crippen LogP) is 2.09. The van der Waals surface area contributed by atoms with Gasteiger partial charge in [-0.1, -0.05) is 0 Å². The van der Waals surface area contributed by atoms with E-state index in [1.165, 1.54) is 12.1 Å². The normalized spacial score (nSPS) is 16.7. The van der Waals surface area contributed by atoms with E-state index < -0.39 is 11.8 Å². The Hall–Kier alpha value is -1.82. The Balaban J connectivity index is 2.15. The molecule has 0 amide bonds. The average Bonchev–Trinajstić information content (AvgIpc) is 2.44. The van der Waals surface area contributed by atoms with Crippen LogP contribution < -0.4 is 11.1 Å². The van der Waals surface area contributed by atoms with E-state index in [2.05, 4.69) is 17.3 Å². The van der Waals surface area contributed by atoms with Gasteiger partial charge in [-0.25, -0.2) is 9.18 Å². The number of nitrogen functional groups attached to an aromatic ring is 1. The molecule has 6 heteroatoms. The van der Waals surface area contributed by atoms with Crippen LogP contribution in [0.5, 0.6) is 0 Å². The maximum Gasteiger partial charge on any atom is 0.340 e. The lowest BCUT2D eigenvalue weighted by atomic mass is 10.0. The van der Waals surface area contributed by atoms with Crippen molar-refractivity contribution in [1.29, 1.82) is 0 Å². The van der Waals surface area contributed by atoms with E-state index in [9.17, 15) is 9.18 Å². The van der Waals surface area contributed by atoms with Crippen molar-refractivity contribution in [3.63, 3.8) is 0 Å². The molecule has 1 aromatic rings. The Bertz CT molecular complexity index is 514. The number of nitrogens with zero attached hydrogens (tertiary/aromatic N) is 1. The fraction of sp³-hybridized carbons (Fsp3) is 0.533. The zero-order valence-corrected chi connectivity index (χ0v) is 12.5. The third-order valence-electron chi connectivity index (χ3n) is 3.71. The third-order valence-corrected chi connectivity index (χ3v) is 3.71. The number of hydrogen-bond acceptors (Lipinski definition) is 5. The van der Waals surface area contributed by atoms with E-state index in [-0.39, 0.29) is 23.9 Å². The van der Waals surface area contributed by atoms with Crippen LogP contribution in [0.1, 0.15) is 30.1 Å². The van der Waals surface area contributed by atoms with E-state index in [1.54, 1.807) is 6.92 Å². The molecule has 0 atom stereocenters. The van der Waals surface area contributed by atoms with Crippen LogP contribution in [-0.4, -0.2) is 43.7 Å². The highest BCUT2D eigenvalue weighted by Crippen LogP contribution is 2.25. The van der Waals surface area contributed by atoms with E-state index in [0.717, 1.165) is 25.9 Å². The van der Waals surface area contributed by atoms with E-state index in [1.807, 2.05) is 0 Å². The first-order valence-corrected chi connectivity index (χ1v) is 7.22. The fourth-order valence-electron chi connectivity index (χ4n) is 2.46. The third kappa shape index (κ3) is 3.85. The van der Waals surface area contributed by atoms with E-state index in [4.69, 9.17) is 10.5 Å². The molecule has 2 rings (SSSR count). The number of carbonyl (C=O) groups is 1. The van der Waals surface area contributed by atoms with Gasteiger partial charge in [-0.3, -0.25) is 0 Å². The molecule has 1 heterocycles. The number of nitrogens with one attached hydrogen (secondary N) is 1. The first kappa shape index (κ1) is 15.6. The minimum absolute atomic E-state index is 0.0971. The fourth-order valence-corrected chi connectivity index (χ4v) is 2.46. The minimum Gasteiger partial charge on any atom is -0.462 e. The molecular weight excluding hydrogens is 273 g/mol. The summed E-state index contributed by atoms with van der Waals surface area (Å²) < 4.78 is 18.9. The van der Waals surface area contributed by atoms with Gasteiger partial charge in [-0.2, -0.15) is 0 Å². The highest BCUT2D eigenvalue weighted by Gasteiger charge is 2.20. The lowest BCUT2D eigenvalue weighted by Crippen LogP contribution is -2.36. The summed E-state index contributed by atoms with van der Waals surface area (Å²) in [5.41, 5.74) is 6.30. The molecule has 0 saturated carbocycles. The number of benzene rings is 1. The van der Waals surface area contributed by atoms with Gasteiger partial charge in [-0.05, 0) is 52.0 Å². The summed E-state index contributed by atoms with van der Waals surface area (Å²) in [5, 5.41) is 3.17. The van der Waals surface area contributed by atoms with Crippen LogP contribution in [0.3, 0.4) is 0 Å². The van der Waals surface area contributed by atoms with Crippen molar-refractivity contribution < 1.29 is 13.9 Å². The van der Waals surface area contributed by atoms with Crippen LogP contribution in [0, 0.1) is 5.82 Å². The van der Waals surface area contributed by atoms with Gasteiger partial charge in [0, 0.05) is 11.7 Å². The van der Waals surface area contributed by atoms with Crippen molar-refractivity contribution in [2.45, 2.75) is 25.8 Å². The highest BCUT2D eigenvalue weighted by atomic mass is 19.1. The number of piperidine rings is 1. The number of carbonyl (C=O) groups excluding carboxylic acids is 1. The SMILES string of the molecule is CCOC(=O)c1cc(NC2CCN(C)CC2)c(F)cc1N. The summed E-state index contributed by atoms with van der Waals surface area (Å²) in [6.45, 7) is 3.92. The van der Waals surface area contributed by atoms with Gasteiger partial charge in [0.1, 0.15) is 5.82 Å². The quantitative estimate of drug-likeness (QED) is 0.657.